The molecule has 2 saturated carbocycles. The minimum Gasteiger partial charge on any atom is -0.497 e. The summed E-state index contributed by atoms with van der Waals surface area (Å²) in [5.74, 6) is 1.67. The van der Waals surface area contributed by atoms with Crippen LogP contribution in [-0.2, 0) is 11.3 Å². The summed E-state index contributed by atoms with van der Waals surface area (Å²) < 4.78 is 5.22. The first-order valence-corrected chi connectivity index (χ1v) is 9.32. The molecule has 4 nitrogen and oxygen atoms in total. The third kappa shape index (κ3) is 4.73. The van der Waals surface area contributed by atoms with Crippen molar-refractivity contribution in [3.63, 3.8) is 0 Å². The summed E-state index contributed by atoms with van der Waals surface area (Å²) >= 11 is 0. The fraction of sp³-hybridized carbons (Fsp3) is 0.650. The Morgan fingerprint density at radius 1 is 1.17 bits per heavy atom. The molecule has 1 amide bonds. The van der Waals surface area contributed by atoms with Crippen LogP contribution in [0.1, 0.15) is 51.0 Å². The Labute approximate surface area is 145 Å². The molecule has 132 valence electrons. The second kappa shape index (κ2) is 8.02. The van der Waals surface area contributed by atoms with Gasteiger partial charge in [-0.1, -0.05) is 31.9 Å². The second-order valence-corrected chi connectivity index (χ2v) is 7.42. The molecule has 0 saturated heterocycles. The zero-order chi connectivity index (χ0) is 16.9. The van der Waals surface area contributed by atoms with Crippen LogP contribution in [0.15, 0.2) is 24.3 Å². The van der Waals surface area contributed by atoms with Crippen molar-refractivity contribution < 1.29 is 9.53 Å². The number of nitrogens with one attached hydrogen (secondary N) is 1. The minimum absolute atomic E-state index is 0.189. The Kier molecular flexibility index (Phi) is 5.77. The number of nitrogens with zero attached hydrogens (tertiary/aromatic N) is 1. The smallest absolute Gasteiger partial charge is 0.234 e. The Morgan fingerprint density at radius 3 is 2.50 bits per heavy atom. The predicted molar refractivity (Wildman–Crippen MR) is 96.0 cm³/mol. The predicted octanol–water partition coefficient (Wildman–Crippen LogP) is 3.35. The molecular weight excluding hydrogens is 300 g/mol. The SMILES string of the molecule is COc1ccc(CN(CC(=O)N[C@H]2CCCC[C@H]2C)C2CC2)cc1. The van der Waals surface area contributed by atoms with E-state index in [1.807, 2.05) is 12.1 Å². The molecule has 2 aliphatic carbocycles. The zero-order valence-corrected chi connectivity index (χ0v) is 15.0. The molecule has 1 N–H and O–H groups in total. The van der Waals surface area contributed by atoms with Gasteiger partial charge in [-0.15, -0.1) is 0 Å². The van der Waals surface area contributed by atoms with Crippen molar-refractivity contribution >= 4 is 5.91 Å². The van der Waals surface area contributed by atoms with E-state index < -0.39 is 0 Å². The number of carbonyl (C=O) groups is 1. The highest BCUT2D eigenvalue weighted by molar-refractivity contribution is 5.78. The molecule has 2 fully saturated rings. The van der Waals surface area contributed by atoms with E-state index in [1.165, 1.54) is 37.7 Å². The lowest BCUT2D eigenvalue weighted by atomic mass is 9.86. The topological polar surface area (TPSA) is 41.6 Å². The Bertz CT molecular complexity index is 539. The largest absolute Gasteiger partial charge is 0.497 e. The molecule has 3 rings (SSSR count). The standard InChI is InChI=1S/C20H30N2O2/c1-15-5-3-4-6-19(15)21-20(23)14-22(17-9-10-17)13-16-7-11-18(24-2)12-8-16/h7-8,11-12,15,17,19H,3-6,9-10,13-14H2,1-2H3,(H,21,23)/t15-,19+/m1/s1. The van der Waals surface area contributed by atoms with Gasteiger partial charge in [0, 0.05) is 18.6 Å². The van der Waals surface area contributed by atoms with Crippen molar-refractivity contribution in [1.82, 2.24) is 10.2 Å². The molecule has 2 atom stereocenters. The van der Waals surface area contributed by atoms with Gasteiger partial charge >= 0.3 is 0 Å². The van der Waals surface area contributed by atoms with Crippen molar-refractivity contribution in [2.45, 2.75) is 64.1 Å². The quantitative estimate of drug-likeness (QED) is 0.833. The molecule has 0 spiro atoms. The van der Waals surface area contributed by atoms with Gasteiger partial charge in [-0.05, 0) is 49.3 Å². The Balaban J connectivity index is 1.54. The number of methoxy groups -OCH3 is 1. The van der Waals surface area contributed by atoms with Crippen LogP contribution in [0.25, 0.3) is 0 Å². The molecule has 0 aliphatic heterocycles. The van der Waals surface area contributed by atoms with E-state index in [-0.39, 0.29) is 5.91 Å². The highest BCUT2D eigenvalue weighted by Gasteiger charge is 2.31. The van der Waals surface area contributed by atoms with Crippen LogP contribution in [0.3, 0.4) is 0 Å². The molecule has 0 heterocycles. The van der Waals surface area contributed by atoms with E-state index in [0.29, 0.717) is 24.5 Å². The molecule has 0 unspecified atom stereocenters. The number of rotatable bonds is 7. The first kappa shape index (κ1) is 17.3. The first-order chi connectivity index (χ1) is 11.7. The van der Waals surface area contributed by atoms with Gasteiger partial charge in [-0.25, -0.2) is 0 Å². The molecule has 0 aromatic heterocycles. The minimum atomic E-state index is 0.189. The average molecular weight is 330 g/mol. The van der Waals surface area contributed by atoms with Gasteiger partial charge < -0.3 is 10.1 Å². The highest BCUT2D eigenvalue weighted by atomic mass is 16.5. The summed E-state index contributed by atoms with van der Waals surface area (Å²) in [5.41, 5.74) is 1.24. The van der Waals surface area contributed by atoms with Crippen molar-refractivity contribution in [3.8, 4) is 5.75 Å². The summed E-state index contributed by atoms with van der Waals surface area (Å²) in [7, 11) is 1.68. The second-order valence-electron chi connectivity index (χ2n) is 7.42. The first-order valence-electron chi connectivity index (χ1n) is 9.32. The summed E-state index contributed by atoms with van der Waals surface area (Å²) in [4.78, 5) is 14.8. The molecule has 2 aliphatic rings. The number of hydrogen-bond donors (Lipinski definition) is 1. The maximum atomic E-state index is 12.5. The van der Waals surface area contributed by atoms with Gasteiger partial charge in [-0.2, -0.15) is 0 Å². The molecule has 1 aromatic rings. The van der Waals surface area contributed by atoms with Crippen LogP contribution in [0.2, 0.25) is 0 Å². The highest BCUT2D eigenvalue weighted by Crippen LogP contribution is 2.29. The van der Waals surface area contributed by atoms with Crippen LogP contribution in [0.5, 0.6) is 5.75 Å². The van der Waals surface area contributed by atoms with E-state index in [2.05, 4.69) is 29.3 Å². The molecule has 0 bridgehead atoms. The monoisotopic (exact) mass is 330 g/mol. The van der Waals surface area contributed by atoms with Gasteiger partial charge in [0.15, 0.2) is 0 Å². The molecule has 1 aromatic carbocycles. The Hall–Kier alpha value is -1.55. The van der Waals surface area contributed by atoms with E-state index in [4.69, 9.17) is 4.74 Å². The fourth-order valence-corrected chi connectivity index (χ4v) is 3.69. The number of ether oxygens (including phenoxy) is 1. The van der Waals surface area contributed by atoms with Crippen LogP contribution >= 0.6 is 0 Å². The number of amides is 1. The summed E-state index contributed by atoms with van der Waals surface area (Å²) in [6, 6.07) is 9.11. The van der Waals surface area contributed by atoms with Crippen molar-refractivity contribution in [2.75, 3.05) is 13.7 Å². The van der Waals surface area contributed by atoms with E-state index in [9.17, 15) is 4.79 Å². The maximum absolute atomic E-state index is 12.5. The number of carbonyl (C=O) groups excluding carboxylic acids is 1. The van der Waals surface area contributed by atoms with Gasteiger partial charge in [0.2, 0.25) is 5.91 Å². The number of hydrogen-bond acceptors (Lipinski definition) is 3. The van der Waals surface area contributed by atoms with Crippen LogP contribution in [0.4, 0.5) is 0 Å². The normalized spacial score (nSPS) is 24.0. The van der Waals surface area contributed by atoms with Crippen LogP contribution in [-0.4, -0.2) is 36.5 Å². The molecule has 24 heavy (non-hydrogen) atoms. The third-order valence-electron chi connectivity index (χ3n) is 5.41. The summed E-state index contributed by atoms with van der Waals surface area (Å²) in [6.45, 7) is 3.61. The van der Waals surface area contributed by atoms with E-state index in [0.717, 1.165) is 18.7 Å². The van der Waals surface area contributed by atoms with Crippen LogP contribution in [0, 0.1) is 5.92 Å². The summed E-state index contributed by atoms with van der Waals surface area (Å²) in [5, 5.41) is 3.29. The summed E-state index contributed by atoms with van der Waals surface area (Å²) in [6.07, 6.45) is 7.34. The zero-order valence-electron chi connectivity index (χ0n) is 15.0. The van der Waals surface area contributed by atoms with Crippen molar-refractivity contribution in [2.24, 2.45) is 5.92 Å². The van der Waals surface area contributed by atoms with E-state index in [1.54, 1.807) is 7.11 Å². The number of benzene rings is 1. The van der Waals surface area contributed by atoms with Crippen molar-refractivity contribution in [3.05, 3.63) is 29.8 Å². The van der Waals surface area contributed by atoms with Gasteiger partial charge in [0.05, 0.1) is 13.7 Å². The van der Waals surface area contributed by atoms with Gasteiger partial charge in [-0.3, -0.25) is 9.69 Å². The van der Waals surface area contributed by atoms with E-state index >= 15 is 0 Å². The van der Waals surface area contributed by atoms with Gasteiger partial charge in [0.1, 0.15) is 5.75 Å². The lowest BCUT2D eigenvalue weighted by Crippen LogP contribution is -2.46. The molecular formula is C20H30N2O2. The fourth-order valence-electron chi connectivity index (χ4n) is 3.69. The molecule has 0 radical (unpaired) electrons. The third-order valence-corrected chi connectivity index (χ3v) is 5.41. The lowest BCUT2D eigenvalue weighted by molar-refractivity contribution is -0.123. The van der Waals surface area contributed by atoms with Crippen molar-refractivity contribution in [1.29, 1.82) is 0 Å². The van der Waals surface area contributed by atoms with Gasteiger partial charge in [0.25, 0.3) is 0 Å². The molecule has 4 heteroatoms. The Morgan fingerprint density at radius 2 is 1.88 bits per heavy atom. The maximum Gasteiger partial charge on any atom is 0.234 e. The van der Waals surface area contributed by atoms with Crippen LogP contribution < -0.4 is 10.1 Å². The average Bonchev–Trinajstić information content (AvgIpc) is 3.42. The lowest BCUT2D eigenvalue weighted by Gasteiger charge is -2.30.